The molecule has 0 heterocycles. The average Bonchev–Trinajstić information content (AvgIpc) is 2.73. The number of anilines is 1. The molecule has 0 saturated carbocycles. The van der Waals surface area contributed by atoms with Gasteiger partial charge in [0.1, 0.15) is 0 Å². The normalized spacial score (nSPS) is 18.7. The van der Waals surface area contributed by atoms with Crippen molar-refractivity contribution in [2.45, 2.75) is 70.4 Å². The van der Waals surface area contributed by atoms with E-state index in [0.717, 1.165) is 17.7 Å². The highest BCUT2D eigenvalue weighted by molar-refractivity contribution is 7.92. The van der Waals surface area contributed by atoms with Gasteiger partial charge in [0, 0.05) is 19.8 Å². The molecule has 182 valence electrons. The molecular formula is C28H41NO3S. The van der Waals surface area contributed by atoms with Crippen LogP contribution in [0.1, 0.15) is 60.3 Å². The Morgan fingerprint density at radius 2 is 1.79 bits per heavy atom. The van der Waals surface area contributed by atoms with E-state index in [1.807, 2.05) is 44.1 Å². The molecule has 0 fully saturated rings. The fourth-order valence-electron chi connectivity index (χ4n) is 4.52. The summed E-state index contributed by atoms with van der Waals surface area (Å²) in [5, 5.41) is 8.67. The summed E-state index contributed by atoms with van der Waals surface area (Å²) in [6.45, 7) is 10.4. The molecule has 0 aliphatic heterocycles. The monoisotopic (exact) mass is 471 g/mol. The molecule has 0 aromatic heterocycles. The van der Waals surface area contributed by atoms with Crippen LogP contribution in [0.3, 0.4) is 0 Å². The van der Waals surface area contributed by atoms with Crippen LogP contribution in [0.5, 0.6) is 0 Å². The Morgan fingerprint density at radius 1 is 1.15 bits per heavy atom. The molecule has 4 nitrogen and oxygen atoms in total. The second kappa shape index (κ2) is 11.3. The summed E-state index contributed by atoms with van der Waals surface area (Å²) in [6.07, 6.45) is 11.8. The number of benzene rings is 1. The zero-order valence-corrected chi connectivity index (χ0v) is 22.2. The van der Waals surface area contributed by atoms with Crippen LogP contribution in [-0.2, 0) is 9.84 Å². The van der Waals surface area contributed by atoms with Crippen LogP contribution in [0.2, 0.25) is 0 Å². The van der Waals surface area contributed by atoms with Crippen molar-refractivity contribution >= 4 is 15.5 Å². The molecule has 0 amide bonds. The van der Waals surface area contributed by atoms with Crippen molar-refractivity contribution in [3.05, 3.63) is 70.9 Å². The molecule has 1 N–H and O–H groups in total. The summed E-state index contributed by atoms with van der Waals surface area (Å²) < 4.78 is 27.0. The summed E-state index contributed by atoms with van der Waals surface area (Å²) in [5.74, 6) is 0. The second-order valence-corrected chi connectivity index (χ2v) is 12.1. The molecule has 1 aliphatic carbocycles. The molecule has 33 heavy (non-hydrogen) atoms. The lowest BCUT2D eigenvalue weighted by Gasteiger charge is -2.33. The van der Waals surface area contributed by atoms with Crippen LogP contribution in [0, 0.1) is 5.41 Å². The minimum atomic E-state index is -3.60. The van der Waals surface area contributed by atoms with E-state index in [9.17, 15) is 13.5 Å². The zero-order valence-electron chi connectivity index (χ0n) is 21.4. The maximum Gasteiger partial charge on any atom is 0.185 e. The van der Waals surface area contributed by atoms with Crippen molar-refractivity contribution in [3.63, 3.8) is 0 Å². The largest absolute Gasteiger partial charge is 0.392 e. The first kappa shape index (κ1) is 27.1. The zero-order chi connectivity index (χ0) is 24.8. The summed E-state index contributed by atoms with van der Waals surface area (Å²) in [5.41, 5.74) is 5.65. The van der Waals surface area contributed by atoms with Crippen LogP contribution >= 0.6 is 0 Å². The van der Waals surface area contributed by atoms with Gasteiger partial charge in [0.25, 0.3) is 0 Å². The Balaban J connectivity index is 2.31. The Kier molecular flexibility index (Phi) is 9.33. The fourth-order valence-corrected chi connectivity index (χ4v) is 6.30. The van der Waals surface area contributed by atoms with Gasteiger partial charge in [-0.25, -0.2) is 8.42 Å². The van der Waals surface area contributed by atoms with E-state index < -0.39 is 15.1 Å². The maximum atomic E-state index is 13.5. The van der Waals surface area contributed by atoms with E-state index in [1.165, 1.54) is 24.0 Å². The lowest BCUT2D eigenvalue weighted by Crippen LogP contribution is -2.23. The Hall–Kier alpha value is -2.11. The summed E-state index contributed by atoms with van der Waals surface area (Å²) in [4.78, 5) is 2.24. The third kappa shape index (κ3) is 6.94. The Labute approximate surface area is 201 Å². The molecule has 0 saturated heterocycles. The smallest absolute Gasteiger partial charge is 0.185 e. The van der Waals surface area contributed by atoms with Crippen LogP contribution in [0.15, 0.2) is 75.8 Å². The van der Waals surface area contributed by atoms with Gasteiger partial charge in [-0.2, -0.15) is 0 Å². The van der Waals surface area contributed by atoms with Gasteiger partial charge in [0.2, 0.25) is 0 Å². The highest BCUT2D eigenvalue weighted by atomic mass is 32.2. The molecule has 1 aromatic rings. The second-order valence-electron chi connectivity index (χ2n) is 10.0. The Morgan fingerprint density at radius 3 is 2.33 bits per heavy atom. The molecule has 0 spiro atoms. The van der Waals surface area contributed by atoms with E-state index >= 15 is 0 Å². The molecule has 1 aromatic carbocycles. The van der Waals surface area contributed by atoms with Crippen molar-refractivity contribution in [1.29, 1.82) is 0 Å². The van der Waals surface area contributed by atoms with E-state index in [4.69, 9.17) is 0 Å². The molecule has 0 radical (unpaired) electrons. The van der Waals surface area contributed by atoms with E-state index in [2.05, 4.69) is 32.9 Å². The van der Waals surface area contributed by atoms with Crippen molar-refractivity contribution in [3.8, 4) is 0 Å². The van der Waals surface area contributed by atoms with Crippen molar-refractivity contribution in [2.24, 2.45) is 5.41 Å². The predicted octanol–water partition coefficient (Wildman–Crippen LogP) is 6.25. The van der Waals surface area contributed by atoms with Crippen LogP contribution in [0.25, 0.3) is 0 Å². The standard InChI is InChI=1S/C28H41NO3S/c1-21(10-16-26-22(2)9-8-19-28(26,4)5)11-17-27(23(3)18-20-30)33(31,32)25-14-12-24(13-15-25)29(6)7/h10-16,18,27,30H,8-9,17,19-20H2,1-7H3. The topological polar surface area (TPSA) is 57.6 Å². The van der Waals surface area contributed by atoms with Gasteiger partial charge in [0.05, 0.1) is 16.8 Å². The molecule has 1 atom stereocenters. The molecule has 5 heteroatoms. The van der Waals surface area contributed by atoms with Gasteiger partial charge >= 0.3 is 0 Å². The third-order valence-corrected chi connectivity index (χ3v) is 8.93. The average molecular weight is 472 g/mol. The highest BCUT2D eigenvalue weighted by Gasteiger charge is 2.28. The first-order valence-corrected chi connectivity index (χ1v) is 13.3. The minimum absolute atomic E-state index is 0.171. The molecule has 2 rings (SSSR count). The lowest BCUT2D eigenvalue weighted by molar-refractivity contribution is 0.341. The maximum absolute atomic E-state index is 13.5. The van der Waals surface area contributed by atoms with Gasteiger partial charge in [-0.1, -0.05) is 54.9 Å². The number of nitrogens with zero attached hydrogens (tertiary/aromatic N) is 1. The first-order chi connectivity index (χ1) is 15.4. The van der Waals surface area contributed by atoms with Crippen LogP contribution in [0.4, 0.5) is 5.69 Å². The van der Waals surface area contributed by atoms with Gasteiger partial charge in [-0.15, -0.1) is 0 Å². The number of hydrogen-bond donors (Lipinski definition) is 1. The van der Waals surface area contributed by atoms with Gasteiger partial charge in [-0.05, 0) is 81.7 Å². The number of rotatable bonds is 9. The third-order valence-electron chi connectivity index (χ3n) is 6.69. The SMILES string of the molecule is CC(C=CC1=C(C)CCCC1(C)C)=CCC(C(C)=CCO)S(=O)(=O)c1ccc(N(C)C)cc1. The molecule has 0 bridgehead atoms. The minimum Gasteiger partial charge on any atom is -0.392 e. The number of allylic oxidation sites excluding steroid dienone is 6. The fraction of sp³-hybridized carbons (Fsp3) is 0.500. The quantitative estimate of drug-likeness (QED) is 0.341. The first-order valence-electron chi connectivity index (χ1n) is 11.7. The van der Waals surface area contributed by atoms with Gasteiger partial charge in [-0.3, -0.25) is 0 Å². The predicted molar refractivity (Wildman–Crippen MR) is 140 cm³/mol. The van der Waals surface area contributed by atoms with Gasteiger partial charge in [0.15, 0.2) is 9.84 Å². The highest BCUT2D eigenvalue weighted by Crippen LogP contribution is 2.40. The van der Waals surface area contributed by atoms with E-state index in [0.29, 0.717) is 16.9 Å². The molecular weight excluding hydrogens is 430 g/mol. The number of aliphatic hydroxyl groups excluding tert-OH is 1. The van der Waals surface area contributed by atoms with Gasteiger partial charge < -0.3 is 10.0 Å². The molecule has 1 unspecified atom stereocenters. The summed E-state index contributed by atoms with van der Waals surface area (Å²) in [6, 6.07) is 6.98. The number of aliphatic hydroxyl groups is 1. The van der Waals surface area contributed by atoms with E-state index in [-0.39, 0.29) is 12.0 Å². The van der Waals surface area contributed by atoms with Crippen LogP contribution in [-0.4, -0.2) is 39.5 Å². The van der Waals surface area contributed by atoms with Crippen molar-refractivity contribution in [1.82, 2.24) is 0 Å². The van der Waals surface area contributed by atoms with Crippen molar-refractivity contribution < 1.29 is 13.5 Å². The van der Waals surface area contributed by atoms with E-state index in [1.54, 1.807) is 25.1 Å². The summed E-state index contributed by atoms with van der Waals surface area (Å²) in [7, 11) is 0.249. The van der Waals surface area contributed by atoms with Crippen LogP contribution < -0.4 is 4.90 Å². The lowest BCUT2D eigenvalue weighted by atomic mass is 9.72. The number of sulfone groups is 1. The summed E-state index contributed by atoms with van der Waals surface area (Å²) >= 11 is 0. The molecule has 1 aliphatic rings. The van der Waals surface area contributed by atoms with Crippen molar-refractivity contribution in [2.75, 3.05) is 25.6 Å². The Bertz CT molecular complexity index is 1040. The number of hydrogen-bond acceptors (Lipinski definition) is 4.